The molecule has 3 nitrogen and oxygen atoms in total. The van der Waals surface area contributed by atoms with Gasteiger partial charge in [0.2, 0.25) is 0 Å². The smallest absolute Gasteiger partial charge is 0.170 e. The minimum absolute atomic E-state index is 0.0914. The van der Waals surface area contributed by atoms with Crippen molar-refractivity contribution in [3.63, 3.8) is 0 Å². The molecule has 3 rings (SSSR count). The van der Waals surface area contributed by atoms with E-state index in [1.165, 1.54) is 0 Å². The number of carbonyl (C=O) groups is 1. The summed E-state index contributed by atoms with van der Waals surface area (Å²) in [5.41, 5.74) is 2.33. The first kappa shape index (κ1) is 10.5. The first-order valence-corrected chi connectivity index (χ1v) is 6.16. The number of rotatable bonds is 1. The molecule has 0 saturated carbocycles. The van der Waals surface area contributed by atoms with Crippen molar-refractivity contribution in [3.05, 3.63) is 46.5 Å². The molecule has 0 aliphatic heterocycles. The molecule has 0 fully saturated rings. The number of nitrogens with two attached hydrogens (primary N) is 1. The fourth-order valence-corrected chi connectivity index (χ4v) is 2.39. The first-order valence-electron chi connectivity index (χ1n) is 5.28. The Labute approximate surface area is 103 Å². The highest BCUT2D eigenvalue weighted by Gasteiger charge is 2.19. The molecule has 0 amide bonds. The quantitative estimate of drug-likeness (QED) is 0.781. The lowest BCUT2D eigenvalue weighted by molar-refractivity contribution is 0.0993. The van der Waals surface area contributed by atoms with Crippen LogP contribution < -0.4 is 5.14 Å². The van der Waals surface area contributed by atoms with Crippen LogP contribution in [-0.2, 0) is 0 Å². The van der Waals surface area contributed by atoms with E-state index in [9.17, 15) is 4.79 Å². The third-order valence-corrected chi connectivity index (χ3v) is 3.40. The van der Waals surface area contributed by atoms with Gasteiger partial charge in [0.15, 0.2) is 5.78 Å². The summed E-state index contributed by atoms with van der Waals surface area (Å²) < 4.78 is 0. The van der Waals surface area contributed by atoms with Gasteiger partial charge in [-0.05, 0) is 18.2 Å². The maximum absolute atomic E-state index is 11.9. The monoisotopic (exact) mass is 242 g/mol. The number of benzene rings is 1. The number of hydrogen-bond donors (Lipinski definition) is 1. The van der Waals surface area contributed by atoms with Crippen molar-refractivity contribution in [2.75, 3.05) is 0 Å². The Bertz CT molecular complexity index is 649. The molecule has 0 unspecified atom stereocenters. The molecule has 1 aliphatic carbocycles. The number of ketones is 1. The van der Waals surface area contributed by atoms with Crippen molar-refractivity contribution in [2.24, 2.45) is 5.14 Å². The SMILES string of the molecule is NSC1=Cc2nc3ccccc3cc2C(=O)C1. The van der Waals surface area contributed by atoms with Crippen molar-refractivity contribution in [2.45, 2.75) is 6.42 Å². The van der Waals surface area contributed by atoms with Gasteiger partial charge < -0.3 is 0 Å². The number of allylic oxidation sites excluding steroid dienone is 1. The molecule has 1 aromatic carbocycles. The van der Waals surface area contributed by atoms with Gasteiger partial charge >= 0.3 is 0 Å². The summed E-state index contributed by atoms with van der Waals surface area (Å²) >= 11 is 1.12. The van der Waals surface area contributed by atoms with Crippen molar-refractivity contribution >= 4 is 34.7 Å². The van der Waals surface area contributed by atoms with Gasteiger partial charge in [-0.2, -0.15) is 0 Å². The lowest BCUT2D eigenvalue weighted by atomic mass is 9.98. The van der Waals surface area contributed by atoms with E-state index >= 15 is 0 Å². The number of fused-ring (bicyclic) bond motifs is 2. The highest BCUT2D eigenvalue weighted by atomic mass is 32.2. The second-order valence-electron chi connectivity index (χ2n) is 3.94. The van der Waals surface area contributed by atoms with E-state index < -0.39 is 0 Å². The minimum atomic E-state index is 0.0914. The second kappa shape index (κ2) is 3.98. The molecule has 1 aliphatic rings. The van der Waals surface area contributed by atoms with Crippen LogP contribution in [0.3, 0.4) is 0 Å². The summed E-state index contributed by atoms with van der Waals surface area (Å²) in [6.07, 6.45) is 2.28. The third-order valence-electron chi connectivity index (χ3n) is 2.84. The van der Waals surface area contributed by atoms with Crippen LogP contribution in [0.5, 0.6) is 0 Å². The standard InChI is InChI=1S/C13H10N2OS/c14-17-9-6-12-10(13(16)7-9)5-8-3-1-2-4-11(8)15-12/h1-6H,7,14H2. The summed E-state index contributed by atoms with van der Waals surface area (Å²) in [4.78, 5) is 17.3. The fraction of sp³-hybridized carbons (Fsp3) is 0.0769. The number of hydrogen-bond acceptors (Lipinski definition) is 4. The number of carbonyl (C=O) groups excluding carboxylic acids is 1. The van der Waals surface area contributed by atoms with Crippen molar-refractivity contribution < 1.29 is 4.79 Å². The van der Waals surface area contributed by atoms with Crippen LogP contribution >= 0.6 is 11.9 Å². The largest absolute Gasteiger partial charge is 0.294 e. The molecular formula is C13H10N2OS. The summed E-state index contributed by atoms with van der Waals surface area (Å²) in [6, 6.07) is 9.70. The lowest BCUT2D eigenvalue weighted by Gasteiger charge is -2.13. The summed E-state index contributed by atoms with van der Waals surface area (Å²) in [7, 11) is 0. The third kappa shape index (κ3) is 1.75. The average molecular weight is 242 g/mol. The van der Waals surface area contributed by atoms with Gasteiger partial charge in [0.1, 0.15) is 0 Å². The summed E-state index contributed by atoms with van der Waals surface area (Å²) in [5, 5.41) is 6.50. The maximum Gasteiger partial charge on any atom is 0.170 e. The normalized spacial score (nSPS) is 14.6. The first-order chi connectivity index (χ1) is 8.28. The predicted molar refractivity (Wildman–Crippen MR) is 70.4 cm³/mol. The van der Waals surface area contributed by atoms with E-state index in [-0.39, 0.29) is 5.78 Å². The predicted octanol–water partition coefficient (Wildman–Crippen LogP) is 2.77. The Balaban J connectivity index is 2.28. The van der Waals surface area contributed by atoms with E-state index in [1.54, 1.807) is 0 Å². The Morgan fingerprint density at radius 1 is 1.29 bits per heavy atom. The van der Waals surface area contributed by atoms with Crippen molar-refractivity contribution in [1.82, 2.24) is 4.98 Å². The minimum Gasteiger partial charge on any atom is -0.294 e. The van der Waals surface area contributed by atoms with Crippen molar-refractivity contribution in [3.8, 4) is 0 Å². The Kier molecular flexibility index (Phi) is 2.46. The van der Waals surface area contributed by atoms with Crippen molar-refractivity contribution in [1.29, 1.82) is 0 Å². The van der Waals surface area contributed by atoms with E-state index in [0.717, 1.165) is 33.4 Å². The van der Waals surface area contributed by atoms with E-state index in [1.807, 2.05) is 36.4 Å². The Hall–Kier alpha value is -1.65. The number of nitrogens with zero attached hydrogens (tertiary/aromatic N) is 1. The van der Waals surface area contributed by atoms with Crippen LogP contribution in [0.1, 0.15) is 22.5 Å². The molecule has 0 saturated heterocycles. The maximum atomic E-state index is 11.9. The molecule has 0 bridgehead atoms. The van der Waals surface area contributed by atoms with Gasteiger partial charge in [0.05, 0.1) is 11.2 Å². The lowest BCUT2D eigenvalue weighted by Crippen LogP contribution is -2.09. The number of Topliss-reactive ketones (excluding diaryl/α,β-unsaturated/α-hetero) is 1. The molecule has 84 valence electrons. The van der Waals surface area contributed by atoms with Crippen LogP contribution in [0.15, 0.2) is 35.2 Å². The highest BCUT2D eigenvalue weighted by molar-refractivity contribution is 8.01. The van der Waals surface area contributed by atoms with Gasteiger partial charge in [-0.3, -0.25) is 9.93 Å². The van der Waals surface area contributed by atoms with Gasteiger partial charge in [0, 0.05) is 22.3 Å². The number of para-hydroxylation sites is 1. The molecular weight excluding hydrogens is 232 g/mol. The van der Waals surface area contributed by atoms with E-state index in [4.69, 9.17) is 5.14 Å². The molecule has 0 spiro atoms. The van der Waals surface area contributed by atoms with Crippen LogP contribution in [0.2, 0.25) is 0 Å². The molecule has 0 atom stereocenters. The van der Waals surface area contributed by atoms with Gasteiger partial charge in [-0.1, -0.05) is 30.1 Å². The van der Waals surface area contributed by atoms with E-state index in [0.29, 0.717) is 12.0 Å². The molecule has 2 aromatic rings. The zero-order chi connectivity index (χ0) is 11.8. The topological polar surface area (TPSA) is 56.0 Å². The van der Waals surface area contributed by atoms with Crippen LogP contribution in [0.25, 0.3) is 17.0 Å². The average Bonchev–Trinajstić information content (AvgIpc) is 2.36. The fourth-order valence-electron chi connectivity index (χ4n) is 2.00. The van der Waals surface area contributed by atoms with Crippen LogP contribution in [0, 0.1) is 0 Å². The Morgan fingerprint density at radius 2 is 2.12 bits per heavy atom. The zero-order valence-electron chi connectivity index (χ0n) is 9.01. The number of pyridine rings is 1. The van der Waals surface area contributed by atoms with Gasteiger partial charge in [-0.25, -0.2) is 4.98 Å². The highest BCUT2D eigenvalue weighted by Crippen LogP contribution is 2.29. The number of aromatic nitrogens is 1. The molecule has 2 N–H and O–H groups in total. The van der Waals surface area contributed by atoms with Crippen LogP contribution in [0.4, 0.5) is 0 Å². The molecule has 1 heterocycles. The van der Waals surface area contributed by atoms with Crippen LogP contribution in [-0.4, -0.2) is 10.8 Å². The van der Waals surface area contributed by atoms with Gasteiger partial charge in [-0.15, -0.1) is 0 Å². The zero-order valence-corrected chi connectivity index (χ0v) is 9.83. The summed E-state index contributed by atoms with van der Waals surface area (Å²) in [6.45, 7) is 0. The molecule has 4 heteroatoms. The second-order valence-corrected chi connectivity index (χ2v) is 4.70. The van der Waals surface area contributed by atoms with Gasteiger partial charge in [0.25, 0.3) is 0 Å². The Morgan fingerprint density at radius 3 is 2.94 bits per heavy atom. The molecule has 1 aromatic heterocycles. The summed E-state index contributed by atoms with van der Waals surface area (Å²) in [5.74, 6) is 0.0914. The molecule has 0 radical (unpaired) electrons. The van der Waals surface area contributed by atoms with E-state index in [2.05, 4.69) is 4.98 Å². The molecule has 17 heavy (non-hydrogen) atoms.